The Hall–Kier alpha value is -0.0800. The van der Waals surface area contributed by atoms with Crippen molar-refractivity contribution >= 4 is 0 Å². The molecular weight excluding hydrogens is 232 g/mol. The van der Waals surface area contributed by atoms with Crippen molar-refractivity contribution in [3.05, 3.63) is 0 Å². The van der Waals surface area contributed by atoms with Gasteiger partial charge in [0.05, 0.1) is 0 Å². The topological polar surface area (TPSA) is 29.3 Å². The molecule has 2 heteroatoms. The van der Waals surface area contributed by atoms with Gasteiger partial charge in [0.2, 0.25) is 0 Å². The first-order valence-corrected chi connectivity index (χ1v) is 8.57. The molecule has 0 bridgehead atoms. The lowest BCUT2D eigenvalue weighted by molar-refractivity contribution is 0.00806. The molecule has 1 rings (SSSR count). The van der Waals surface area contributed by atoms with Crippen LogP contribution in [0.25, 0.3) is 0 Å². The van der Waals surface area contributed by atoms with Crippen molar-refractivity contribution in [1.29, 1.82) is 0 Å². The summed E-state index contributed by atoms with van der Waals surface area (Å²) < 4.78 is 0. The van der Waals surface area contributed by atoms with Crippen LogP contribution in [0.5, 0.6) is 0 Å². The van der Waals surface area contributed by atoms with Crippen LogP contribution >= 0.6 is 0 Å². The summed E-state index contributed by atoms with van der Waals surface area (Å²) in [5, 5.41) is 0. The van der Waals surface area contributed by atoms with Crippen LogP contribution in [0.4, 0.5) is 0 Å². The second-order valence-corrected chi connectivity index (χ2v) is 6.58. The Morgan fingerprint density at radius 2 is 1.63 bits per heavy atom. The Morgan fingerprint density at radius 3 is 2.00 bits per heavy atom. The SMILES string of the molecule is CCCCC(CC)(CN)N1CCC(CC)(CC)CC1. The number of hydrogen-bond acceptors (Lipinski definition) is 2. The summed E-state index contributed by atoms with van der Waals surface area (Å²) in [4.78, 5) is 2.73. The lowest BCUT2D eigenvalue weighted by atomic mass is 9.72. The molecule has 1 saturated heterocycles. The van der Waals surface area contributed by atoms with Crippen LogP contribution in [0.3, 0.4) is 0 Å². The van der Waals surface area contributed by atoms with E-state index in [0.717, 1.165) is 6.54 Å². The van der Waals surface area contributed by atoms with Crippen molar-refractivity contribution in [1.82, 2.24) is 4.90 Å². The summed E-state index contributed by atoms with van der Waals surface area (Å²) in [5.74, 6) is 0. The monoisotopic (exact) mass is 268 g/mol. The van der Waals surface area contributed by atoms with Crippen LogP contribution in [0.15, 0.2) is 0 Å². The molecule has 0 aromatic rings. The van der Waals surface area contributed by atoms with E-state index in [2.05, 4.69) is 32.6 Å². The first-order valence-electron chi connectivity index (χ1n) is 8.57. The quantitative estimate of drug-likeness (QED) is 0.715. The maximum atomic E-state index is 6.18. The van der Waals surface area contributed by atoms with Gasteiger partial charge in [0.25, 0.3) is 0 Å². The Kier molecular flexibility index (Phi) is 6.82. The Bertz CT molecular complexity index is 232. The van der Waals surface area contributed by atoms with E-state index in [1.54, 1.807) is 0 Å². The molecule has 2 N–H and O–H groups in total. The standard InChI is InChI=1S/C17H36N2/c1-5-9-10-17(8-4,15-18)19-13-11-16(6-2,7-3)12-14-19/h5-15,18H2,1-4H3. The van der Waals surface area contributed by atoms with Crippen molar-refractivity contribution in [2.24, 2.45) is 11.1 Å². The molecule has 19 heavy (non-hydrogen) atoms. The van der Waals surface area contributed by atoms with Gasteiger partial charge in [-0.1, -0.05) is 53.4 Å². The zero-order chi connectivity index (χ0) is 14.4. The molecule has 0 aromatic carbocycles. The fourth-order valence-electron chi connectivity index (χ4n) is 3.85. The van der Waals surface area contributed by atoms with Crippen LogP contribution in [0, 0.1) is 5.41 Å². The van der Waals surface area contributed by atoms with Gasteiger partial charge in [0, 0.05) is 12.1 Å². The van der Waals surface area contributed by atoms with Gasteiger partial charge in [-0.3, -0.25) is 4.90 Å². The molecule has 114 valence electrons. The van der Waals surface area contributed by atoms with Crippen molar-refractivity contribution in [2.45, 2.75) is 84.6 Å². The van der Waals surface area contributed by atoms with E-state index in [1.165, 1.54) is 64.5 Å². The highest BCUT2D eigenvalue weighted by molar-refractivity contribution is 4.95. The van der Waals surface area contributed by atoms with E-state index in [4.69, 9.17) is 5.73 Å². The highest BCUT2D eigenvalue weighted by atomic mass is 15.2. The molecule has 1 heterocycles. The molecule has 0 saturated carbocycles. The lowest BCUT2D eigenvalue weighted by Crippen LogP contribution is -2.57. The number of piperidine rings is 1. The highest BCUT2D eigenvalue weighted by Crippen LogP contribution is 2.40. The molecule has 2 nitrogen and oxygen atoms in total. The molecule has 1 aliphatic heterocycles. The Morgan fingerprint density at radius 1 is 1.05 bits per heavy atom. The van der Waals surface area contributed by atoms with E-state index in [-0.39, 0.29) is 5.54 Å². The third kappa shape index (κ3) is 3.72. The van der Waals surface area contributed by atoms with Crippen LogP contribution in [-0.2, 0) is 0 Å². The minimum absolute atomic E-state index is 0.281. The number of rotatable bonds is 8. The molecule has 0 radical (unpaired) electrons. The van der Waals surface area contributed by atoms with Gasteiger partial charge in [0.1, 0.15) is 0 Å². The maximum absolute atomic E-state index is 6.18. The van der Waals surface area contributed by atoms with Crippen LogP contribution in [0.2, 0.25) is 0 Å². The van der Waals surface area contributed by atoms with E-state index in [0.29, 0.717) is 5.41 Å². The first-order chi connectivity index (χ1) is 9.12. The van der Waals surface area contributed by atoms with E-state index < -0.39 is 0 Å². The molecule has 1 unspecified atom stereocenters. The van der Waals surface area contributed by atoms with Gasteiger partial charge in [0.15, 0.2) is 0 Å². The number of unbranched alkanes of at least 4 members (excludes halogenated alkanes) is 1. The largest absolute Gasteiger partial charge is 0.329 e. The summed E-state index contributed by atoms with van der Waals surface area (Å²) in [7, 11) is 0. The average Bonchev–Trinajstić information content (AvgIpc) is 2.49. The summed E-state index contributed by atoms with van der Waals surface area (Å²) in [6.07, 6.45) is 10.5. The van der Waals surface area contributed by atoms with Crippen LogP contribution in [0.1, 0.15) is 79.1 Å². The predicted molar refractivity (Wildman–Crippen MR) is 85.4 cm³/mol. The first kappa shape index (κ1) is 17.0. The summed E-state index contributed by atoms with van der Waals surface area (Å²) in [6.45, 7) is 12.7. The zero-order valence-electron chi connectivity index (χ0n) is 13.8. The lowest BCUT2D eigenvalue weighted by Gasteiger charge is -2.50. The van der Waals surface area contributed by atoms with Gasteiger partial charge in [-0.15, -0.1) is 0 Å². The summed E-state index contributed by atoms with van der Waals surface area (Å²) >= 11 is 0. The van der Waals surface area contributed by atoms with Crippen molar-refractivity contribution < 1.29 is 0 Å². The molecule has 1 atom stereocenters. The molecule has 0 spiro atoms. The van der Waals surface area contributed by atoms with Crippen LogP contribution < -0.4 is 5.73 Å². The Labute approximate surface area is 121 Å². The number of hydrogen-bond donors (Lipinski definition) is 1. The third-order valence-electron chi connectivity index (χ3n) is 6.03. The van der Waals surface area contributed by atoms with Crippen molar-refractivity contribution in [2.75, 3.05) is 19.6 Å². The van der Waals surface area contributed by atoms with Crippen molar-refractivity contribution in [3.8, 4) is 0 Å². The molecule has 0 amide bonds. The third-order valence-corrected chi connectivity index (χ3v) is 6.03. The summed E-state index contributed by atoms with van der Waals surface area (Å²) in [6, 6.07) is 0. The Balaban J connectivity index is 2.68. The average molecular weight is 268 g/mol. The molecular formula is C17H36N2. The molecule has 1 aliphatic rings. The molecule has 0 aromatic heterocycles. The number of likely N-dealkylation sites (tertiary alicyclic amines) is 1. The van der Waals surface area contributed by atoms with Gasteiger partial charge < -0.3 is 5.73 Å². The predicted octanol–water partition coefficient (Wildman–Crippen LogP) is 4.19. The van der Waals surface area contributed by atoms with Crippen LogP contribution in [-0.4, -0.2) is 30.1 Å². The second kappa shape index (κ2) is 7.64. The zero-order valence-corrected chi connectivity index (χ0v) is 13.8. The highest BCUT2D eigenvalue weighted by Gasteiger charge is 2.39. The number of nitrogens with two attached hydrogens (primary N) is 1. The maximum Gasteiger partial charge on any atom is 0.0329 e. The normalized spacial score (nSPS) is 23.2. The van der Waals surface area contributed by atoms with E-state index >= 15 is 0 Å². The second-order valence-electron chi connectivity index (χ2n) is 6.58. The van der Waals surface area contributed by atoms with E-state index in [9.17, 15) is 0 Å². The van der Waals surface area contributed by atoms with Crippen molar-refractivity contribution in [3.63, 3.8) is 0 Å². The fourth-order valence-corrected chi connectivity index (χ4v) is 3.85. The van der Waals surface area contributed by atoms with Gasteiger partial charge >= 0.3 is 0 Å². The minimum atomic E-state index is 0.281. The van der Waals surface area contributed by atoms with E-state index in [1.807, 2.05) is 0 Å². The summed E-state index contributed by atoms with van der Waals surface area (Å²) in [5.41, 5.74) is 7.08. The molecule has 0 aliphatic carbocycles. The number of nitrogens with zero attached hydrogens (tertiary/aromatic N) is 1. The van der Waals surface area contributed by atoms with Gasteiger partial charge in [-0.05, 0) is 44.2 Å². The minimum Gasteiger partial charge on any atom is -0.329 e. The van der Waals surface area contributed by atoms with Gasteiger partial charge in [-0.2, -0.15) is 0 Å². The fraction of sp³-hybridized carbons (Fsp3) is 1.00. The van der Waals surface area contributed by atoms with Gasteiger partial charge in [-0.25, -0.2) is 0 Å². The molecule has 1 fully saturated rings. The smallest absolute Gasteiger partial charge is 0.0329 e.